The zero-order valence-corrected chi connectivity index (χ0v) is 16.8. The van der Waals surface area contributed by atoms with E-state index in [9.17, 15) is 13.2 Å². The Balaban J connectivity index is 2.11. The van der Waals surface area contributed by atoms with E-state index < -0.39 is 16.0 Å². The molecule has 0 saturated heterocycles. The highest BCUT2D eigenvalue weighted by Crippen LogP contribution is 2.40. The second kappa shape index (κ2) is 6.92. The molecule has 0 fully saturated rings. The maximum Gasteiger partial charge on any atom is 0.342 e. The van der Waals surface area contributed by atoms with E-state index in [0.29, 0.717) is 11.4 Å². The smallest absolute Gasteiger partial charge is 0.342 e. The Morgan fingerprint density at radius 3 is 2.92 bits per heavy atom. The number of ether oxygens (including phenoxy) is 2. The first-order valence-corrected chi connectivity index (χ1v) is 10.2. The molecule has 1 aliphatic heterocycles. The molecule has 0 spiro atoms. The van der Waals surface area contributed by atoms with Crippen LogP contribution in [0.1, 0.15) is 29.8 Å². The van der Waals surface area contributed by atoms with Crippen LogP contribution in [-0.2, 0) is 14.8 Å². The average molecular weight is 444 g/mol. The second-order valence-corrected chi connectivity index (χ2v) is 8.52. The summed E-state index contributed by atoms with van der Waals surface area (Å²) in [5, 5.41) is 5.84. The van der Waals surface area contributed by atoms with Crippen molar-refractivity contribution in [3.05, 3.63) is 33.9 Å². The number of hydrogen-bond acceptors (Lipinski definition) is 6. The molecule has 1 N–H and O–H groups in total. The van der Waals surface area contributed by atoms with Crippen LogP contribution in [0, 0.1) is 6.92 Å². The van der Waals surface area contributed by atoms with E-state index in [1.165, 1.54) is 4.31 Å². The van der Waals surface area contributed by atoms with E-state index in [-0.39, 0.29) is 29.8 Å². The first-order valence-electron chi connectivity index (χ1n) is 7.95. The minimum absolute atomic E-state index is 0.103. The normalized spacial score (nSPS) is 16.8. The molecular weight excluding hydrogens is 426 g/mol. The lowest BCUT2D eigenvalue weighted by Gasteiger charge is -2.34. The van der Waals surface area contributed by atoms with Crippen molar-refractivity contribution in [3.8, 4) is 5.75 Å². The average Bonchev–Trinajstić information content (AvgIpc) is 3.06. The molecule has 0 aliphatic carbocycles. The Kier molecular flexibility index (Phi) is 4.98. The highest BCUT2D eigenvalue weighted by atomic mass is 79.9. The van der Waals surface area contributed by atoms with Crippen LogP contribution in [0.25, 0.3) is 0 Å². The molecule has 1 aromatic heterocycles. The molecule has 1 aliphatic rings. The number of rotatable bonds is 4. The van der Waals surface area contributed by atoms with E-state index in [1.54, 1.807) is 26.0 Å². The SMILES string of the molecule is CCOC(=O)c1cn[nH]c1S(=O)(=O)N1CC(C)Oc2cc(C)c(Br)cc21. The highest BCUT2D eigenvalue weighted by molar-refractivity contribution is 9.10. The Hall–Kier alpha value is -2.07. The zero-order valence-electron chi connectivity index (χ0n) is 14.4. The number of carbonyl (C=O) groups is 1. The van der Waals surface area contributed by atoms with Gasteiger partial charge in [0.25, 0.3) is 10.0 Å². The van der Waals surface area contributed by atoms with Crippen LogP contribution in [0.2, 0.25) is 0 Å². The van der Waals surface area contributed by atoms with Gasteiger partial charge in [-0.1, -0.05) is 15.9 Å². The lowest BCUT2D eigenvalue weighted by atomic mass is 10.2. The molecule has 8 nitrogen and oxygen atoms in total. The van der Waals surface area contributed by atoms with E-state index in [4.69, 9.17) is 9.47 Å². The first-order chi connectivity index (χ1) is 12.3. The van der Waals surface area contributed by atoms with Crippen LogP contribution in [-0.4, -0.2) is 43.8 Å². The Labute approximate surface area is 159 Å². The number of hydrogen-bond donors (Lipinski definition) is 1. The second-order valence-electron chi connectivity index (χ2n) is 5.87. The largest absolute Gasteiger partial charge is 0.487 e. The number of esters is 1. The quantitative estimate of drug-likeness (QED) is 0.728. The predicted octanol–water partition coefficient (Wildman–Crippen LogP) is 2.63. The van der Waals surface area contributed by atoms with Crippen molar-refractivity contribution in [2.45, 2.75) is 31.9 Å². The first kappa shape index (κ1) is 18.7. The number of anilines is 1. The number of halogens is 1. The summed E-state index contributed by atoms with van der Waals surface area (Å²) in [4.78, 5) is 12.1. The van der Waals surface area contributed by atoms with E-state index in [0.717, 1.165) is 16.2 Å². The van der Waals surface area contributed by atoms with Gasteiger partial charge in [-0.2, -0.15) is 13.5 Å². The van der Waals surface area contributed by atoms with Gasteiger partial charge in [-0.3, -0.25) is 9.40 Å². The molecule has 0 amide bonds. The summed E-state index contributed by atoms with van der Waals surface area (Å²) < 4.78 is 39.2. The summed E-state index contributed by atoms with van der Waals surface area (Å²) in [6, 6.07) is 3.46. The number of H-pyrrole nitrogens is 1. The van der Waals surface area contributed by atoms with Crippen molar-refractivity contribution in [2.24, 2.45) is 0 Å². The summed E-state index contributed by atoms with van der Waals surface area (Å²) in [5.41, 5.74) is 1.19. The maximum absolute atomic E-state index is 13.3. The number of nitrogens with one attached hydrogen (secondary N) is 1. The van der Waals surface area contributed by atoms with Gasteiger partial charge in [0.2, 0.25) is 0 Å². The minimum Gasteiger partial charge on any atom is -0.487 e. The molecule has 2 aromatic rings. The van der Waals surface area contributed by atoms with Crippen LogP contribution < -0.4 is 9.04 Å². The number of nitrogens with zero attached hydrogens (tertiary/aromatic N) is 2. The number of aryl methyl sites for hydroxylation is 1. The van der Waals surface area contributed by atoms with Gasteiger partial charge < -0.3 is 9.47 Å². The summed E-state index contributed by atoms with van der Waals surface area (Å²) in [7, 11) is -4.08. The van der Waals surface area contributed by atoms with Crippen molar-refractivity contribution in [1.29, 1.82) is 0 Å². The number of benzene rings is 1. The van der Waals surface area contributed by atoms with Crippen LogP contribution in [0.5, 0.6) is 5.75 Å². The molecule has 3 rings (SSSR count). The Morgan fingerprint density at radius 1 is 1.50 bits per heavy atom. The Bertz CT molecular complexity index is 957. The molecule has 1 atom stereocenters. The zero-order chi connectivity index (χ0) is 19.1. The van der Waals surface area contributed by atoms with Crippen LogP contribution in [0.15, 0.2) is 27.8 Å². The van der Waals surface area contributed by atoms with Gasteiger partial charge in [-0.05, 0) is 38.5 Å². The van der Waals surface area contributed by atoms with Gasteiger partial charge in [-0.15, -0.1) is 0 Å². The van der Waals surface area contributed by atoms with Crippen LogP contribution >= 0.6 is 15.9 Å². The molecule has 1 aromatic carbocycles. The van der Waals surface area contributed by atoms with Crippen LogP contribution in [0.3, 0.4) is 0 Å². The molecule has 10 heteroatoms. The van der Waals surface area contributed by atoms with Crippen molar-refractivity contribution < 1.29 is 22.7 Å². The maximum atomic E-state index is 13.3. The predicted molar refractivity (Wildman–Crippen MR) is 98.0 cm³/mol. The summed E-state index contributed by atoms with van der Waals surface area (Å²) in [6.45, 7) is 5.55. The molecular formula is C16H18BrN3O5S. The lowest BCUT2D eigenvalue weighted by molar-refractivity contribution is 0.0522. The lowest BCUT2D eigenvalue weighted by Crippen LogP contribution is -2.42. The highest BCUT2D eigenvalue weighted by Gasteiger charge is 2.37. The van der Waals surface area contributed by atoms with Crippen molar-refractivity contribution in [2.75, 3.05) is 17.5 Å². The standard InChI is InChI=1S/C16H18BrN3O5S/c1-4-24-16(21)11-7-18-19-15(11)26(22,23)20-8-10(3)25-14-5-9(2)12(17)6-13(14)20/h5-7,10H,4,8H2,1-3H3,(H,18,19). The molecule has 0 bridgehead atoms. The molecule has 0 saturated carbocycles. The molecule has 140 valence electrons. The fourth-order valence-electron chi connectivity index (χ4n) is 2.68. The fraction of sp³-hybridized carbons (Fsp3) is 0.375. The van der Waals surface area contributed by atoms with E-state index in [2.05, 4.69) is 26.1 Å². The third-order valence-corrected chi connectivity index (χ3v) is 6.52. The number of aromatic amines is 1. The van der Waals surface area contributed by atoms with Gasteiger partial charge in [0.1, 0.15) is 17.4 Å². The monoisotopic (exact) mass is 443 g/mol. The van der Waals surface area contributed by atoms with Crippen molar-refractivity contribution in [1.82, 2.24) is 10.2 Å². The molecule has 2 heterocycles. The topological polar surface area (TPSA) is 102 Å². The third kappa shape index (κ3) is 3.18. The number of sulfonamides is 1. The van der Waals surface area contributed by atoms with E-state index >= 15 is 0 Å². The molecule has 26 heavy (non-hydrogen) atoms. The van der Waals surface area contributed by atoms with Crippen LogP contribution in [0.4, 0.5) is 5.69 Å². The molecule has 0 radical (unpaired) electrons. The van der Waals surface area contributed by atoms with Gasteiger partial charge >= 0.3 is 5.97 Å². The third-order valence-electron chi connectivity index (χ3n) is 3.91. The van der Waals surface area contributed by atoms with Crippen molar-refractivity contribution in [3.63, 3.8) is 0 Å². The fourth-order valence-corrected chi connectivity index (χ4v) is 4.62. The van der Waals surface area contributed by atoms with E-state index in [1.807, 2.05) is 6.92 Å². The summed E-state index contributed by atoms with van der Waals surface area (Å²) in [6.07, 6.45) is 0.799. The van der Waals surface area contributed by atoms with Gasteiger partial charge in [0.15, 0.2) is 5.03 Å². The van der Waals surface area contributed by atoms with Crippen molar-refractivity contribution >= 4 is 37.6 Å². The number of carbonyl (C=O) groups excluding carboxylic acids is 1. The minimum atomic E-state index is -4.08. The van der Waals surface area contributed by atoms with Gasteiger partial charge in [0, 0.05) is 4.47 Å². The number of fused-ring (bicyclic) bond motifs is 1. The Morgan fingerprint density at radius 2 is 2.23 bits per heavy atom. The molecule has 1 unspecified atom stereocenters. The van der Waals surface area contributed by atoms with Gasteiger partial charge in [0.05, 0.1) is 25.0 Å². The number of aromatic nitrogens is 2. The summed E-state index contributed by atoms with van der Waals surface area (Å²) >= 11 is 3.42. The van der Waals surface area contributed by atoms with Gasteiger partial charge in [-0.25, -0.2) is 4.79 Å². The summed E-state index contributed by atoms with van der Waals surface area (Å²) in [5.74, 6) is -0.281.